The largest absolute Gasteiger partial charge is 0.377 e. The maximum absolute atomic E-state index is 13.1. The number of nitriles is 1. The molecule has 1 heterocycles. The van der Waals surface area contributed by atoms with Gasteiger partial charge < -0.3 is 4.74 Å². The van der Waals surface area contributed by atoms with Gasteiger partial charge in [0.15, 0.2) is 0 Å². The molecule has 4 saturated carbocycles. The summed E-state index contributed by atoms with van der Waals surface area (Å²) in [7, 11) is 0. The summed E-state index contributed by atoms with van der Waals surface area (Å²) in [5, 5.41) is 10.5. The van der Waals surface area contributed by atoms with Crippen LogP contribution in [0.15, 0.2) is 0 Å². The van der Waals surface area contributed by atoms with Crippen molar-refractivity contribution in [3.05, 3.63) is 0 Å². The number of alkyl halides is 1. The van der Waals surface area contributed by atoms with E-state index in [1.165, 1.54) is 44.9 Å². The minimum Gasteiger partial charge on any atom is -0.377 e. The van der Waals surface area contributed by atoms with Crippen molar-refractivity contribution in [2.45, 2.75) is 112 Å². The first-order chi connectivity index (χ1) is 16.2. The first-order valence-corrected chi connectivity index (χ1v) is 15.4. The van der Waals surface area contributed by atoms with E-state index in [1.807, 2.05) is 0 Å². The molecule has 2 bridgehead atoms. The van der Waals surface area contributed by atoms with Gasteiger partial charge in [0.05, 0.1) is 24.1 Å². The summed E-state index contributed by atoms with van der Waals surface area (Å²) < 4.78 is 6.69. The molecule has 0 aromatic carbocycles. The molecule has 0 amide bonds. The van der Waals surface area contributed by atoms with Gasteiger partial charge in [-0.2, -0.15) is 5.26 Å². The maximum atomic E-state index is 13.1. The van der Waals surface area contributed by atoms with Crippen molar-refractivity contribution >= 4 is 21.7 Å². The zero-order chi connectivity index (χ0) is 25.7. The summed E-state index contributed by atoms with van der Waals surface area (Å²) >= 11 is 3.46. The Bertz CT molecular complexity index is 937. The Morgan fingerprint density at radius 3 is 2.34 bits per heavy atom. The third kappa shape index (κ3) is 3.25. The first kappa shape index (κ1) is 26.2. The van der Waals surface area contributed by atoms with Crippen LogP contribution in [-0.2, 0) is 9.53 Å². The highest BCUT2D eigenvalue weighted by Crippen LogP contribution is 2.77. The SMILES string of the molecule is CC1(C)CC[C@]23CC[C@]4(C)[C@H](CC[C@@H]5[C@@](C)(CC#N)[C@H](C(C)(C)C(=O)CBr)CC[C@]54C)[C@H]2[C@H]1OC3. The monoisotopic (exact) mass is 545 g/mol. The minimum absolute atomic E-state index is 0.131. The summed E-state index contributed by atoms with van der Waals surface area (Å²) in [5.41, 5.74) is 0.611. The maximum Gasteiger partial charge on any atom is 0.149 e. The number of rotatable bonds is 4. The van der Waals surface area contributed by atoms with Gasteiger partial charge in [-0.25, -0.2) is 0 Å². The Morgan fingerprint density at radius 2 is 1.69 bits per heavy atom. The molecule has 35 heavy (non-hydrogen) atoms. The summed E-state index contributed by atoms with van der Waals surface area (Å²) in [6.45, 7) is 17.8. The number of halogens is 1. The summed E-state index contributed by atoms with van der Waals surface area (Å²) in [4.78, 5) is 13.1. The van der Waals surface area contributed by atoms with Gasteiger partial charge in [-0.1, -0.05) is 64.4 Å². The molecule has 196 valence electrons. The van der Waals surface area contributed by atoms with E-state index in [0.29, 0.717) is 41.0 Å². The molecule has 4 heteroatoms. The van der Waals surface area contributed by atoms with Crippen LogP contribution in [0.5, 0.6) is 0 Å². The van der Waals surface area contributed by atoms with Crippen molar-refractivity contribution < 1.29 is 9.53 Å². The summed E-state index contributed by atoms with van der Waals surface area (Å²) in [5.74, 6) is 2.42. The molecule has 0 aromatic rings. The topological polar surface area (TPSA) is 50.1 Å². The van der Waals surface area contributed by atoms with Gasteiger partial charge >= 0.3 is 0 Å². The molecule has 0 N–H and O–H groups in total. The van der Waals surface area contributed by atoms with E-state index < -0.39 is 5.41 Å². The van der Waals surface area contributed by atoms with E-state index in [9.17, 15) is 10.1 Å². The Labute approximate surface area is 222 Å². The highest BCUT2D eigenvalue weighted by molar-refractivity contribution is 9.09. The van der Waals surface area contributed by atoms with Crippen molar-refractivity contribution in [3.8, 4) is 6.07 Å². The van der Waals surface area contributed by atoms with Crippen LogP contribution in [0.3, 0.4) is 0 Å². The van der Waals surface area contributed by atoms with Crippen molar-refractivity contribution in [1.29, 1.82) is 5.26 Å². The van der Waals surface area contributed by atoms with Gasteiger partial charge in [0, 0.05) is 11.8 Å². The number of fused-ring (bicyclic) bond motifs is 3. The third-order valence-electron chi connectivity index (χ3n) is 13.6. The molecule has 9 atom stereocenters. The lowest BCUT2D eigenvalue weighted by Crippen LogP contribution is -2.66. The number of hydrogen-bond acceptors (Lipinski definition) is 3. The molecule has 5 fully saturated rings. The van der Waals surface area contributed by atoms with Crippen LogP contribution >= 0.6 is 15.9 Å². The zero-order valence-electron chi connectivity index (χ0n) is 23.3. The average Bonchev–Trinajstić information content (AvgIpc) is 3.12. The fourth-order valence-electron chi connectivity index (χ4n) is 11.3. The molecule has 0 spiro atoms. The molecule has 1 saturated heterocycles. The molecule has 5 aliphatic rings. The average molecular weight is 547 g/mol. The fourth-order valence-corrected chi connectivity index (χ4v) is 12.0. The lowest BCUT2D eigenvalue weighted by Gasteiger charge is -2.72. The van der Waals surface area contributed by atoms with Crippen LogP contribution < -0.4 is 0 Å². The molecular formula is C31H48BrNO2. The van der Waals surface area contributed by atoms with Crippen molar-refractivity contribution in [1.82, 2.24) is 0 Å². The first-order valence-electron chi connectivity index (χ1n) is 14.3. The quantitative estimate of drug-likeness (QED) is 0.336. The second kappa shape index (κ2) is 8.05. The van der Waals surface area contributed by atoms with Crippen LogP contribution in [0.25, 0.3) is 0 Å². The van der Waals surface area contributed by atoms with Crippen molar-refractivity contribution in [2.24, 2.45) is 56.2 Å². The highest BCUT2D eigenvalue weighted by Gasteiger charge is 2.72. The smallest absolute Gasteiger partial charge is 0.149 e. The number of carbonyl (C=O) groups excluding carboxylic acids is 1. The van der Waals surface area contributed by atoms with Gasteiger partial charge in [0.1, 0.15) is 5.78 Å². The molecule has 3 nitrogen and oxygen atoms in total. The fraction of sp³-hybridized carbons (Fsp3) is 0.935. The predicted octanol–water partition coefficient (Wildman–Crippen LogP) is 7.96. The van der Waals surface area contributed by atoms with Gasteiger partial charge in [0.2, 0.25) is 0 Å². The van der Waals surface area contributed by atoms with Crippen LogP contribution in [0.1, 0.15) is 106 Å². The Morgan fingerprint density at radius 1 is 1.00 bits per heavy atom. The second-order valence-corrected chi connectivity index (χ2v) is 16.0. The van der Waals surface area contributed by atoms with Crippen molar-refractivity contribution in [3.63, 3.8) is 0 Å². The molecular weight excluding hydrogens is 498 g/mol. The van der Waals surface area contributed by atoms with Crippen LogP contribution in [0.4, 0.5) is 0 Å². The summed E-state index contributed by atoms with van der Waals surface area (Å²) in [6, 6.07) is 2.61. The molecule has 0 unspecified atom stereocenters. The van der Waals surface area contributed by atoms with Gasteiger partial charge in [-0.3, -0.25) is 4.79 Å². The molecule has 0 radical (unpaired) electrons. The number of ketones is 1. The Kier molecular flexibility index (Phi) is 6.03. The number of nitrogens with zero attached hydrogens (tertiary/aromatic N) is 1. The standard InChI is InChI=1S/C31H48BrNO2/c1-26(2)12-14-31-15-13-29(6)20(24(31)25(26)35-19-31)8-9-22-28(5,16-17-33)21(10-11-30(22,29)7)27(3,4)23(34)18-32/h20-22,24-25H,8-16,18-19H2,1-7H3/t20-,21+,22-,24+,25-,28+,29-,30-,31-/m1/s1. The lowest BCUT2D eigenvalue weighted by molar-refractivity contribution is -0.233. The highest BCUT2D eigenvalue weighted by atomic mass is 79.9. The minimum atomic E-state index is -0.412. The van der Waals surface area contributed by atoms with E-state index in [2.05, 4.69) is 70.5 Å². The third-order valence-corrected chi connectivity index (χ3v) is 14.1. The summed E-state index contributed by atoms with van der Waals surface area (Å²) in [6.07, 6.45) is 10.9. The Hall–Kier alpha value is -0.400. The van der Waals surface area contributed by atoms with Crippen LogP contribution in [-0.4, -0.2) is 23.8 Å². The molecule has 0 aromatic heterocycles. The van der Waals surface area contributed by atoms with E-state index in [4.69, 9.17) is 4.74 Å². The predicted molar refractivity (Wildman–Crippen MR) is 144 cm³/mol. The van der Waals surface area contributed by atoms with E-state index >= 15 is 0 Å². The lowest BCUT2D eigenvalue weighted by atomic mass is 9.32. The van der Waals surface area contributed by atoms with E-state index in [-0.39, 0.29) is 33.4 Å². The van der Waals surface area contributed by atoms with Crippen molar-refractivity contribution in [2.75, 3.05) is 11.9 Å². The Balaban J connectivity index is 1.55. The normalized spacial score (nSPS) is 50.4. The van der Waals surface area contributed by atoms with Crippen LogP contribution in [0, 0.1) is 67.5 Å². The zero-order valence-corrected chi connectivity index (χ0v) is 24.9. The molecule has 5 rings (SSSR count). The van der Waals surface area contributed by atoms with Gasteiger partial charge in [-0.05, 0) is 102 Å². The number of carbonyl (C=O) groups is 1. The van der Waals surface area contributed by atoms with Crippen LogP contribution in [0.2, 0.25) is 0 Å². The number of ether oxygens (including phenoxy) is 1. The molecule has 1 aliphatic heterocycles. The van der Waals surface area contributed by atoms with Gasteiger partial charge in [0.25, 0.3) is 0 Å². The number of Topliss-reactive ketones (excluding diaryl/α,β-unsaturated/α-hetero) is 1. The van der Waals surface area contributed by atoms with E-state index in [1.54, 1.807) is 0 Å². The number of hydrogen-bond donors (Lipinski definition) is 0. The van der Waals surface area contributed by atoms with Gasteiger partial charge in [-0.15, -0.1) is 0 Å². The second-order valence-electron chi connectivity index (χ2n) is 15.4. The molecule has 4 aliphatic carbocycles. The van der Waals surface area contributed by atoms with E-state index in [0.717, 1.165) is 13.0 Å².